The molecule has 2 aromatic rings. The summed E-state index contributed by atoms with van der Waals surface area (Å²) in [6, 6.07) is 2.66. The largest absolute Gasteiger partial charge is 0.302 e. The molecule has 0 spiro atoms. The van der Waals surface area contributed by atoms with Crippen LogP contribution in [0.4, 0.5) is 5.82 Å². The van der Waals surface area contributed by atoms with Crippen LogP contribution in [0.1, 0.15) is 36.2 Å². The number of anilines is 1. The predicted octanol–water partition coefficient (Wildman–Crippen LogP) is 0.264. The molecule has 0 aliphatic heterocycles. The van der Waals surface area contributed by atoms with Crippen LogP contribution in [-0.4, -0.2) is 31.3 Å². The number of hydrogen-bond donors (Lipinski definition) is 3. The third kappa shape index (κ3) is 2.59. The van der Waals surface area contributed by atoms with Gasteiger partial charge in [-0.2, -0.15) is 5.10 Å². The van der Waals surface area contributed by atoms with Gasteiger partial charge in [-0.3, -0.25) is 14.7 Å². The van der Waals surface area contributed by atoms with E-state index >= 15 is 0 Å². The highest BCUT2D eigenvalue weighted by molar-refractivity contribution is 6.00. The molecule has 0 aliphatic carbocycles. The van der Waals surface area contributed by atoms with Crippen molar-refractivity contribution in [2.75, 3.05) is 5.32 Å². The topological polar surface area (TPSA) is 116 Å². The Morgan fingerprint density at radius 1 is 1.28 bits per heavy atom. The van der Waals surface area contributed by atoms with E-state index in [9.17, 15) is 9.59 Å². The van der Waals surface area contributed by atoms with Crippen LogP contribution in [0.25, 0.3) is 0 Å². The third-order valence-corrected chi connectivity index (χ3v) is 2.17. The monoisotopic (exact) mass is 248 g/mol. The van der Waals surface area contributed by atoms with Crippen LogP contribution in [0.5, 0.6) is 0 Å². The molecule has 2 aromatic heterocycles. The Balaban J connectivity index is 2.11. The van der Waals surface area contributed by atoms with Gasteiger partial charge in [0.1, 0.15) is 5.82 Å². The van der Waals surface area contributed by atoms with Gasteiger partial charge in [-0.05, 0) is 6.07 Å². The molecule has 8 heteroatoms. The molecule has 0 fully saturated rings. The van der Waals surface area contributed by atoms with Crippen molar-refractivity contribution >= 4 is 11.7 Å². The Bertz CT molecular complexity index is 594. The molecule has 2 rings (SSSR count). The minimum Gasteiger partial charge on any atom is -0.302 e. The number of aromatic amines is 2. The van der Waals surface area contributed by atoms with Crippen molar-refractivity contribution in [3.8, 4) is 0 Å². The van der Waals surface area contributed by atoms with Gasteiger partial charge in [0, 0.05) is 12.0 Å². The molecule has 0 aromatic carbocycles. The summed E-state index contributed by atoms with van der Waals surface area (Å²) in [7, 11) is 0. The van der Waals surface area contributed by atoms with Gasteiger partial charge in [0.2, 0.25) is 5.82 Å². The molecular formula is C10H12N6O2. The van der Waals surface area contributed by atoms with Crippen LogP contribution in [0, 0.1) is 0 Å². The van der Waals surface area contributed by atoms with Gasteiger partial charge in [-0.1, -0.05) is 13.8 Å². The third-order valence-electron chi connectivity index (χ3n) is 2.17. The summed E-state index contributed by atoms with van der Waals surface area (Å²) in [6.07, 6.45) is 0. The summed E-state index contributed by atoms with van der Waals surface area (Å²) in [5.41, 5.74) is -0.340. The highest BCUT2D eigenvalue weighted by atomic mass is 16.2. The predicted molar refractivity (Wildman–Crippen MR) is 63.3 cm³/mol. The second-order valence-corrected chi connectivity index (χ2v) is 3.96. The normalized spacial score (nSPS) is 10.6. The second kappa shape index (κ2) is 4.78. The Hall–Kier alpha value is -2.51. The number of H-pyrrole nitrogens is 2. The number of aromatic nitrogens is 5. The SMILES string of the molecule is CC(C)c1nc(C(=O)Nc2ccc(=O)[nH]n2)n[nH]1. The van der Waals surface area contributed by atoms with E-state index in [0.717, 1.165) is 0 Å². The fraction of sp³-hybridized carbons (Fsp3) is 0.300. The van der Waals surface area contributed by atoms with Crippen molar-refractivity contribution in [3.63, 3.8) is 0 Å². The quantitative estimate of drug-likeness (QED) is 0.720. The van der Waals surface area contributed by atoms with Gasteiger partial charge in [0.15, 0.2) is 5.82 Å². The summed E-state index contributed by atoms with van der Waals surface area (Å²) < 4.78 is 0. The van der Waals surface area contributed by atoms with Crippen molar-refractivity contribution in [1.29, 1.82) is 0 Å². The molecule has 0 aliphatic rings. The molecule has 0 radical (unpaired) electrons. The number of carbonyl (C=O) groups excluding carboxylic acids is 1. The maximum atomic E-state index is 11.7. The number of carbonyl (C=O) groups is 1. The Kier molecular flexibility index (Phi) is 3.18. The van der Waals surface area contributed by atoms with Gasteiger partial charge in [0.25, 0.3) is 11.5 Å². The lowest BCUT2D eigenvalue weighted by Gasteiger charge is -1.99. The fourth-order valence-electron chi connectivity index (χ4n) is 1.22. The first kappa shape index (κ1) is 12.0. The Labute approximate surface area is 102 Å². The minimum atomic E-state index is -0.488. The van der Waals surface area contributed by atoms with Crippen LogP contribution in [-0.2, 0) is 0 Å². The molecule has 3 N–H and O–H groups in total. The summed E-state index contributed by atoms with van der Waals surface area (Å²) >= 11 is 0. The highest BCUT2D eigenvalue weighted by Crippen LogP contribution is 2.08. The molecule has 8 nitrogen and oxygen atoms in total. The second-order valence-electron chi connectivity index (χ2n) is 3.96. The van der Waals surface area contributed by atoms with Crippen molar-refractivity contribution in [1.82, 2.24) is 25.4 Å². The fourth-order valence-corrected chi connectivity index (χ4v) is 1.22. The Morgan fingerprint density at radius 3 is 2.61 bits per heavy atom. The lowest BCUT2D eigenvalue weighted by Crippen LogP contribution is -2.17. The van der Waals surface area contributed by atoms with Gasteiger partial charge < -0.3 is 5.32 Å². The van der Waals surface area contributed by atoms with Gasteiger partial charge in [0.05, 0.1) is 0 Å². The Morgan fingerprint density at radius 2 is 2.06 bits per heavy atom. The summed E-state index contributed by atoms with van der Waals surface area (Å²) in [4.78, 5) is 26.6. The standard InChI is InChI=1S/C10H12N6O2/c1-5(2)8-12-9(16-15-8)10(18)11-6-3-4-7(17)14-13-6/h3-5H,1-2H3,(H,14,17)(H,11,13,18)(H,12,15,16). The van der Waals surface area contributed by atoms with Crippen LogP contribution < -0.4 is 10.9 Å². The van der Waals surface area contributed by atoms with Crippen LogP contribution >= 0.6 is 0 Å². The van der Waals surface area contributed by atoms with Crippen LogP contribution in [0.3, 0.4) is 0 Å². The van der Waals surface area contributed by atoms with E-state index in [4.69, 9.17) is 0 Å². The van der Waals surface area contributed by atoms with Gasteiger partial charge >= 0.3 is 0 Å². The first-order chi connectivity index (χ1) is 8.56. The summed E-state index contributed by atoms with van der Waals surface area (Å²) in [5, 5.41) is 14.8. The molecule has 2 heterocycles. The first-order valence-corrected chi connectivity index (χ1v) is 5.35. The maximum absolute atomic E-state index is 11.7. The van der Waals surface area contributed by atoms with Crippen molar-refractivity contribution in [3.05, 3.63) is 34.1 Å². The van der Waals surface area contributed by atoms with E-state index in [0.29, 0.717) is 5.82 Å². The van der Waals surface area contributed by atoms with E-state index in [-0.39, 0.29) is 23.1 Å². The zero-order valence-electron chi connectivity index (χ0n) is 9.89. The smallest absolute Gasteiger partial charge is 0.296 e. The number of nitrogens with one attached hydrogen (secondary N) is 3. The van der Waals surface area contributed by atoms with E-state index in [1.165, 1.54) is 12.1 Å². The van der Waals surface area contributed by atoms with Crippen LogP contribution in [0.2, 0.25) is 0 Å². The molecule has 94 valence electrons. The lowest BCUT2D eigenvalue weighted by atomic mass is 10.2. The molecule has 1 amide bonds. The summed E-state index contributed by atoms with van der Waals surface area (Å²) in [6.45, 7) is 3.87. The van der Waals surface area contributed by atoms with Crippen molar-refractivity contribution in [2.45, 2.75) is 19.8 Å². The highest BCUT2D eigenvalue weighted by Gasteiger charge is 2.14. The van der Waals surface area contributed by atoms with Crippen LogP contribution in [0.15, 0.2) is 16.9 Å². The zero-order chi connectivity index (χ0) is 13.1. The lowest BCUT2D eigenvalue weighted by molar-refractivity contribution is 0.101. The van der Waals surface area contributed by atoms with E-state index in [2.05, 4.69) is 30.7 Å². The molecule has 0 atom stereocenters. The molecule has 0 bridgehead atoms. The molecule has 18 heavy (non-hydrogen) atoms. The number of amides is 1. The number of rotatable bonds is 3. The van der Waals surface area contributed by atoms with Gasteiger partial charge in [-0.25, -0.2) is 10.1 Å². The maximum Gasteiger partial charge on any atom is 0.296 e. The van der Waals surface area contributed by atoms with Crippen molar-refractivity contribution in [2.24, 2.45) is 0 Å². The zero-order valence-corrected chi connectivity index (χ0v) is 9.89. The number of hydrogen-bond acceptors (Lipinski definition) is 5. The van der Waals surface area contributed by atoms with E-state index in [1.807, 2.05) is 13.8 Å². The first-order valence-electron chi connectivity index (χ1n) is 5.35. The van der Waals surface area contributed by atoms with Gasteiger partial charge in [-0.15, -0.1) is 5.10 Å². The molecule has 0 saturated carbocycles. The molecule has 0 unspecified atom stereocenters. The molecular weight excluding hydrogens is 236 g/mol. The minimum absolute atomic E-state index is 0.0340. The number of nitrogens with zero attached hydrogens (tertiary/aromatic N) is 3. The van der Waals surface area contributed by atoms with E-state index in [1.54, 1.807) is 0 Å². The average molecular weight is 248 g/mol. The summed E-state index contributed by atoms with van der Waals surface area (Å²) in [5.74, 6) is 0.569. The van der Waals surface area contributed by atoms with Crippen molar-refractivity contribution < 1.29 is 4.79 Å². The van der Waals surface area contributed by atoms with E-state index < -0.39 is 5.91 Å². The molecule has 0 saturated heterocycles. The average Bonchev–Trinajstić information content (AvgIpc) is 2.81.